The molecule has 0 N–H and O–H groups in total. The predicted octanol–water partition coefficient (Wildman–Crippen LogP) is 1.97. The van der Waals surface area contributed by atoms with Gasteiger partial charge >= 0.3 is 0 Å². The van der Waals surface area contributed by atoms with Gasteiger partial charge in [-0.1, -0.05) is 22.9 Å². The van der Waals surface area contributed by atoms with Crippen LogP contribution < -0.4 is 0 Å². The van der Waals surface area contributed by atoms with E-state index < -0.39 is 0 Å². The van der Waals surface area contributed by atoms with Gasteiger partial charge in [0, 0.05) is 29.8 Å². The highest BCUT2D eigenvalue weighted by Crippen LogP contribution is 2.12. The molecule has 1 aromatic rings. The highest BCUT2D eigenvalue weighted by atomic mass is 79.9. The fourth-order valence-electron chi connectivity index (χ4n) is 0.644. The van der Waals surface area contributed by atoms with Gasteiger partial charge in [0.1, 0.15) is 0 Å². The summed E-state index contributed by atoms with van der Waals surface area (Å²) in [6.45, 7) is 2.11. The zero-order valence-electron chi connectivity index (χ0n) is 5.79. The van der Waals surface area contributed by atoms with Crippen LogP contribution in [-0.2, 0) is 0 Å². The van der Waals surface area contributed by atoms with Crippen LogP contribution in [0.4, 0.5) is 0 Å². The Hall–Kier alpha value is -0.440. The Labute approximate surface area is 68.8 Å². The Morgan fingerprint density at radius 2 is 2.40 bits per heavy atom. The van der Waals surface area contributed by atoms with Gasteiger partial charge in [-0.15, -0.1) is 0 Å². The fourth-order valence-corrected chi connectivity index (χ4v) is 0.976. The second-order valence-corrected chi connectivity index (χ2v) is 2.83. The highest BCUT2D eigenvalue weighted by Gasteiger charge is 2.02. The van der Waals surface area contributed by atoms with Crippen molar-refractivity contribution in [2.75, 3.05) is 5.33 Å². The van der Waals surface area contributed by atoms with Crippen LogP contribution in [0, 0.1) is 0 Å². The molecule has 54 valence electrons. The first kappa shape index (κ1) is 7.66. The van der Waals surface area contributed by atoms with Crippen LogP contribution in [0.1, 0.15) is 18.5 Å². The molecule has 0 saturated heterocycles. The van der Waals surface area contributed by atoms with E-state index in [1.807, 2.05) is 0 Å². The molecule has 2 nitrogen and oxygen atoms in total. The zero-order chi connectivity index (χ0) is 7.40. The summed E-state index contributed by atoms with van der Waals surface area (Å²) in [6, 6.07) is 0. The Bertz CT molecular complexity index is 188. The van der Waals surface area contributed by atoms with E-state index in [1.54, 1.807) is 18.6 Å². The van der Waals surface area contributed by atoms with E-state index in [-0.39, 0.29) is 0 Å². The smallest absolute Gasteiger partial charge is 0.0623 e. The summed E-state index contributed by atoms with van der Waals surface area (Å²) in [4.78, 5) is 8.13. The minimum atomic E-state index is 0.452. The first-order valence-corrected chi connectivity index (χ1v) is 4.28. The van der Waals surface area contributed by atoms with Gasteiger partial charge in [0.2, 0.25) is 0 Å². The van der Waals surface area contributed by atoms with Gasteiger partial charge in [0.15, 0.2) is 0 Å². The molecule has 1 aromatic heterocycles. The molecule has 0 amide bonds. The van der Waals surface area contributed by atoms with Crippen molar-refractivity contribution in [2.45, 2.75) is 12.8 Å². The van der Waals surface area contributed by atoms with Crippen LogP contribution in [0.5, 0.6) is 0 Å². The summed E-state index contributed by atoms with van der Waals surface area (Å²) in [5.41, 5.74) is 1.04. The van der Waals surface area contributed by atoms with Crippen molar-refractivity contribution in [3.63, 3.8) is 0 Å². The van der Waals surface area contributed by atoms with Crippen molar-refractivity contribution in [2.24, 2.45) is 0 Å². The zero-order valence-corrected chi connectivity index (χ0v) is 7.37. The van der Waals surface area contributed by atoms with Crippen LogP contribution >= 0.6 is 15.9 Å². The van der Waals surface area contributed by atoms with E-state index in [4.69, 9.17) is 0 Å². The van der Waals surface area contributed by atoms with Crippen LogP contribution in [-0.4, -0.2) is 15.3 Å². The first-order chi connectivity index (χ1) is 4.84. The normalized spacial score (nSPS) is 13.0. The summed E-state index contributed by atoms with van der Waals surface area (Å²) >= 11 is 3.38. The fraction of sp³-hybridized carbons (Fsp3) is 0.429. The summed E-state index contributed by atoms with van der Waals surface area (Å²) in [7, 11) is 0. The van der Waals surface area contributed by atoms with Crippen molar-refractivity contribution in [3.8, 4) is 0 Å². The molecule has 0 radical (unpaired) electrons. The van der Waals surface area contributed by atoms with Crippen molar-refractivity contribution < 1.29 is 0 Å². The van der Waals surface area contributed by atoms with Gasteiger partial charge in [0.25, 0.3) is 0 Å². The standard InChI is InChI=1S/C7H9BrN2/c1-6(4-8)7-5-9-2-3-10-7/h2-3,5-6H,4H2,1H3. The topological polar surface area (TPSA) is 25.8 Å². The molecule has 0 saturated carbocycles. The van der Waals surface area contributed by atoms with E-state index in [9.17, 15) is 0 Å². The van der Waals surface area contributed by atoms with Crippen LogP contribution in [0.15, 0.2) is 18.6 Å². The highest BCUT2D eigenvalue weighted by molar-refractivity contribution is 9.09. The molecule has 0 aliphatic carbocycles. The number of rotatable bonds is 2. The van der Waals surface area contributed by atoms with Crippen LogP contribution in [0.25, 0.3) is 0 Å². The number of hydrogen-bond donors (Lipinski definition) is 0. The maximum Gasteiger partial charge on any atom is 0.0623 e. The summed E-state index contributed by atoms with van der Waals surface area (Å²) < 4.78 is 0. The number of aromatic nitrogens is 2. The lowest BCUT2D eigenvalue weighted by atomic mass is 10.1. The molecule has 3 heteroatoms. The van der Waals surface area contributed by atoms with Gasteiger partial charge in [0.05, 0.1) is 5.69 Å². The van der Waals surface area contributed by atoms with Crippen molar-refractivity contribution in [3.05, 3.63) is 24.3 Å². The van der Waals surface area contributed by atoms with Gasteiger partial charge in [-0.05, 0) is 0 Å². The van der Waals surface area contributed by atoms with Crippen molar-refractivity contribution in [1.29, 1.82) is 0 Å². The predicted molar refractivity (Wildman–Crippen MR) is 44.2 cm³/mol. The number of alkyl halides is 1. The average molecular weight is 201 g/mol. The van der Waals surface area contributed by atoms with Crippen LogP contribution in [0.3, 0.4) is 0 Å². The molecule has 0 bridgehead atoms. The van der Waals surface area contributed by atoms with E-state index in [0.29, 0.717) is 5.92 Å². The minimum Gasteiger partial charge on any atom is -0.261 e. The number of halogens is 1. The van der Waals surface area contributed by atoms with Gasteiger partial charge in [-0.25, -0.2) is 0 Å². The summed E-state index contributed by atoms with van der Waals surface area (Å²) in [5.74, 6) is 0.452. The largest absolute Gasteiger partial charge is 0.261 e. The molecule has 0 aromatic carbocycles. The van der Waals surface area contributed by atoms with Gasteiger partial charge in [-0.3, -0.25) is 9.97 Å². The first-order valence-electron chi connectivity index (χ1n) is 3.16. The Balaban J connectivity index is 2.75. The van der Waals surface area contributed by atoms with E-state index in [1.165, 1.54) is 0 Å². The molecular weight excluding hydrogens is 192 g/mol. The van der Waals surface area contributed by atoms with Crippen molar-refractivity contribution in [1.82, 2.24) is 9.97 Å². The molecule has 10 heavy (non-hydrogen) atoms. The van der Waals surface area contributed by atoms with Crippen LogP contribution in [0.2, 0.25) is 0 Å². The monoisotopic (exact) mass is 200 g/mol. The SMILES string of the molecule is CC(CBr)c1cnccn1. The third-order valence-corrected chi connectivity index (χ3v) is 2.29. The third kappa shape index (κ3) is 1.77. The molecule has 0 fully saturated rings. The molecule has 1 unspecified atom stereocenters. The maximum absolute atomic E-state index is 4.16. The lowest BCUT2D eigenvalue weighted by Crippen LogP contribution is -1.97. The van der Waals surface area contributed by atoms with Gasteiger partial charge in [-0.2, -0.15) is 0 Å². The molecular formula is C7H9BrN2. The van der Waals surface area contributed by atoms with E-state index in [0.717, 1.165) is 11.0 Å². The Morgan fingerprint density at radius 1 is 1.60 bits per heavy atom. The van der Waals surface area contributed by atoms with Crippen molar-refractivity contribution >= 4 is 15.9 Å². The summed E-state index contributed by atoms with van der Waals surface area (Å²) in [5, 5.41) is 0.936. The van der Waals surface area contributed by atoms with E-state index >= 15 is 0 Å². The molecule has 0 aliphatic rings. The Morgan fingerprint density at radius 3 is 2.90 bits per heavy atom. The maximum atomic E-state index is 4.16. The van der Waals surface area contributed by atoms with Gasteiger partial charge < -0.3 is 0 Å². The molecule has 0 aliphatic heterocycles. The molecule has 1 atom stereocenters. The second kappa shape index (κ2) is 3.66. The average Bonchev–Trinajstić information content (AvgIpc) is 2.05. The number of hydrogen-bond acceptors (Lipinski definition) is 2. The lowest BCUT2D eigenvalue weighted by molar-refractivity contribution is 0.829. The quantitative estimate of drug-likeness (QED) is 0.683. The number of nitrogens with zero attached hydrogens (tertiary/aromatic N) is 2. The minimum absolute atomic E-state index is 0.452. The molecule has 1 heterocycles. The third-order valence-electron chi connectivity index (χ3n) is 1.32. The lowest BCUT2D eigenvalue weighted by Gasteiger charge is -2.03. The summed E-state index contributed by atoms with van der Waals surface area (Å²) in [6.07, 6.45) is 5.20. The Kier molecular flexibility index (Phi) is 2.81. The second-order valence-electron chi connectivity index (χ2n) is 2.19. The van der Waals surface area contributed by atoms with E-state index in [2.05, 4.69) is 32.8 Å². The molecule has 0 spiro atoms. The molecule has 1 rings (SSSR count).